The van der Waals surface area contributed by atoms with Crippen molar-refractivity contribution in [3.05, 3.63) is 91.0 Å². The van der Waals surface area contributed by atoms with Crippen LogP contribution in [0, 0.1) is 6.92 Å². The Hall–Kier alpha value is -3.73. The highest BCUT2D eigenvalue weighted by molar-refractivity contribution is 5.83. The number of nitrogens with one attached hydrogen (secondary N) is 1. The molecule has 2 fully saturated rings. The fraction of sp³-hybridized carbons (Fsp3) is 0.323. The van der Waals surface area contributed by atoms with Gasteiger partial charge in [-0.25, -0.2) is 9.78 Å². The molecule has 2 saturated carbocycles. The zero-order valence-corrected chi connectivity index (χ0v) is 21.0. The lowest BCUT2D eigenvalue weighted by Gasteiger charge is -2.42. The van der Waals surface area contributed by atoms with Gasteiger partial charge < -0.3 is 10.1 Å². The van der Waals surface area contributed by atoms with Crippen molar-refractivity contribution in [2.45, 2.75) is 63.0 Å². The highest BCUT2D eigenvalue weighted by Gasteiger charge is 2.41. The first-order chi connectivity index (χ1) is 17.3. The number of hydrogen-bond donors (Lipinski definition) is 1. The van der Waals surface area contributed by atoms with Gasteiger partial charge in [0.2, 0.25) is 5.60 Å². The standard InChI is InChI=1S/C31H31N3O2/c1-30(2,3)36-29(35)33-31(18-8-19-31)24-16-14-22(15-17-24)26-27(23-9-5-4-6-10-23)34-20-7-11-25(21-12-13-21)28(34)32-26/h4-7,9-11,14-17,20-21H,1,8,12-13,18-19H2,2-3H3/p+1. The van der Waals surface area contributed by atoms with Gasteiger partial charge in [0.25, 0.3) is 0 Å². The maximum atomic E-state index is 12.5. The van der Waals surface area contributed by atoms with Gasteiger partial charge in [-0.3, -0.25) is 4.40 Å². The molecule has 2 aromatic carbocycles. The summed E-state index contributed by atoms with van der Waals surface area (Å²) < 4.78 is 7.69. The number of rotatable bonds is 6. The van der Waals surface area contributed by atoms with Gasteiger partial charge in [-0.1, -0.05) is 60.7 Å². The second-order valence-corrected chi connectivity index (χ2v) is 10.9. The van der Waals surface area contributed by atoms with E-state index in [9.17, 15) is 4.79 Å². The van der Waals surface area contributed by atoms with Crippen molar-refractivity contribution >= 4 is 11.7 Å². The van der Waals surface area contributed by atoms with Crippen molar-refractivity contribution in [2.75, 3.05) is 0 Å². The van der Waals surface area contributed by atoms with Gasteiger partial charge in [0.05, 0.1) is 16.9 Å². The van der Waals surface area contributed by atoms with Crippen molar-refractivity contribution in [1.82, 2.24) is 14.7 Å². The molecule has 0 unspecified atom stereocenters. The zero-order chi connectivity index (χ0) is 24.9. The molecule has 1 amide bonds. The van der Waals surface area contributed by atoms with Crippen LogP contribution in [-0.4, -0.2) is 21.1 Å². The Labute approximate surface area is 212 Å². The summed E-state index contributed by atoms with van der Waals surface area (Å²) in [7, 11) is 0. The SMILES string of the molecule is [CH2+]C(C)(C)OC(=O)NC1(c2ccc(-c3nc4c(C5CC5)cccn4c3-c3ccccc3)cc2)CCC1. The number of imidazole rings is 1. The van der Waals surface area contributed by atoms with Crippen molar-refractivity contribution in [2.24, 2.45) is 0 Å². The Kier molecular flexibility index (Phi) is 5.32. The summed E-state index contributed by atoms with van der Waals surface area (Å²) in [4.78, 5) is 17.7. The van der Waals surface area contributed by atoms with E-state index in [1.807, 2.05) is 6.07 Å². The monoisotopic (exact) mass is 478 g/mol. The first-order valence-corrected chi connectivity index (χ1v) is 12.9. The molecule has 182 valence electrons. The third-order valence-corrected chi connectivity index (χ3v) is 7.37. The van der Waals surface area contributed by atoms with E-state index in [2.05, 4.69) is 83.5 Å². The number of carbonyl (C=O) groups excluding carboxylic acids is 1. The van der Waals surface area contributed by atoms with Crippen LogP contribution in [0.4, 0.5) is 4.79 Å². The number of carbonyl (C=O) groups is 1. The van der Waals surface area contributed by atoms with E-state index in [4.69, 9.17) is 9.72 Å². The lowest BCUT2D eigenvalue weighted by atomic mass is 9.71. The Morgan fingerprint density at radius 3 is 2.36 bits per heavy atom. The molecule has 0 spiro atoms. The zero-order valence-electron chi connectivity index (χ0n) is 21.0. The minimum atomic E-state index is -0.769. The maximum absolute atomic E-state index is 12.5. The minimum absolute atomic E-state index is 0.388. The second-order valence-electron chi connectivity index (χ2n) is 10.9. The van der Waals surface area contributed by atoms with Crippen molar-refractivity contribution < 1.29 is 9.53 Å². The smallest absolute Gasteiger partial charge is 0.403 e. The second kappa shape index (κ2) is 8.44. The fourth-order valence-electron chi connectivity index (χ4n) is 5.31. The highest BCUT2D eigenvalue weighted by Crippen LogP contribution is 2.45. The molecule has 0 radical (unpaired) electrons. The van der Waals surface area contributed by atoms with Crippen LogP contribution in [0.5, 0.6) is 0 Å². The predicted molar refractivity (Wildman–Crippen MR) is 143 cm³/mol. The third kappa shape index (κ3) is 4.13. The van der Waals surface area contributed by atoms with E-state index in [0.29, 0.717) is 5.92 Å². The van der Waals surface area contributed by atoms with Gasteiger partial charge in [-0.05, 0) is 55.2 Å². The molecule has 36 heavy (non-hydrogen) atoms. The molecule has 2 aliphatic carbocycles. The van der Waals surface area contributed by atoms with Crippen LogP contribution in [-0.2, 0) is 10.3 Å². The lowest BCUT2D eigenvalue weighted by molar-refractivity contribution is 0.0525. The number of pyridine rings is 1. The quantitative estimate of drug-likeness (QED) is 0.297. The largest absolute Gasteiger partial charge is 0.411 e. The minimum Gasteiger partial charge on any atom is -0.403 e. The van der Waals surface area contributed by atoms with Crippen molar-refractivity contribution in [1.29, 1.82) is 0 Å². The Bertz CT molecular complexity index is 1410. The maximum Gasteiger partial charge on any atom is 0.411 e. The molecule has 0 saturated heterocycles. The first kappa shape index (κ1) is 22.7. The number of nitrogens with zero attached hydrogens (tertiary/aromatic N) is 2. The van der Waals surface area contributed by atoms with E-state index >= 15 is 0 Å². The predicted octanol–water partition coefficient (Wildman–Crippen LogP) is 7.26. The van der Waals surface area contributed by atoms with Crippen LogP contribution in [0.1, 0.15) is 63.0 Å². The summed E-state index contributed by atoms with van der Waals surface area (Å²) in [6.07, 6.45) is 7.04. The van der Waals surface area contributed by atoms with E-state index in [-0.39, 0.29) is 5.54 Å². The van der Waals surface area contributed by atoms with Gasteiger partial charge in [-0.15, -0.1) is 0 Å². The summed E-state index contributed by atoms with van der Waals surface area (Å²) >= 11 is 0. The number of hydrogen-bond acceptors (Lipinski definition) is 3. The summed E-state index contributed by atoms with van der Waals surface area (Å²) in [5.41, 5.74) is 6.63. The summed E-state index contributed by atoms with van der Waals surface area (Å²) in [6.45, 7) is 7.44. The summed E-state index contributed by atoms with van der Waals surface area (Å²) in [5, 5.41) is 3.13. The van der Waals surface area contributed by atoms with Crippen molar-refractivity contribution in [3.63, 3.8) is 0 Å². The fourth-order valence-corrected chi connectivity index (χ4v) is 5.31. The number of ether oxygens (including phenoxy) is 1. The van der Waals surface area contributed by atoms with Crippen molar-refractivity contribution in [3.8, 4) is 22.5 Å². The average Bonchev–Trinajstić information content (AvgIpc) is 3.60. The number of alkyl carbamates (subject to hydrolysis) is 1. The Morgan fingerprint density at radius 1 is 1.03 bits per heavy atom. The molecule has 0 atom stereocenters. The molecule has 2 heterocycles. The van der Waals surface area contributed by atoms with Crippen LogP contribution >= 0.6 is 0 Å². The molecule has 5 heteroatoms. The number of benzene rings is 2. The van der Waals surface area contributed by atoms with Crippen LogP contribution in [0.3, 0.4) is 0 Å². The summed E-state index contributed by atoms with van der Waals surface area (Å²) in [6, 6.07) is 23.4. The van der Waals surface area contributed by atoms with E-state index in [1.54, 1.807) is 13.8 Å². The molecule has 5 nitrogen and oxygen atoms in total. The molecule has 0 bridgehead atoms. The molecule has 6 rings (SSSR count). The molecule has 2 aromatic heterocycles. The van der Waals surface area contributed by atoms with E-state index in [0.717, 1.165) is 53.0 Å². The topological polar surface area (TPSA) is 55.6 Å². The van der Waals surface area contributed by atoms with Gasteiger partial charge in [-0.2, -0.15) is 0 Å². The molecule has 4 aromatic rings. The van der Waals surface area contributed by atoms with Crippen LogP contribution in [0.25, 0.3) is 28.2 Å². The van der Waals surface area contributed by atoms with E-state index < -0.39 is 11.7 Å². The van der Waals surface area contributed by atoms with Crippen LogP contribution < -0.4 is 5.32 Å². The number of fused-ring (bicyclic) bond motifs is 1. The van der Waals surface area contributed by atoms with Gasteiger partial charge in [0.15, 0.2) is 0 Å². The van der Waals surface area contributed by atoms with Crippen LogP contribution in [0.2, 0.25) is 0 Å². The molecule has 0 aliphatic heterocycles. The van der Waals surface area contributed by atoms with Gasteiger partial charge in [0, 0.05) is 31.2 Å². The van der Waals surface area contributed by atoms with Gasteiger partial charge in [0.1, 0.15) is 12.6 Å². The average molecular weight is 479 g/mol. The molecular formula is C31H32N3O2+. The summed E-state index contributed by atoms with van der Waals surface area (Å²) in [5.74, 6) is 0.613. The number of aromatic nitrogens is 2. The number of amides is 1. The lowest BCUT2D eigenvalue weighted by Crippen LogP contribution is -2.52. The molecule has 1 N–H and O–H groups in total. The Morgan fingerprint density at radius 2 is 1.75 bits per heavy atom. The van der Waals surface area contributed by atoms with E-state index in [1.165, 1.54) is 18.4 Å². The Balaban J connectivity index is 1.39. The molecular weight excluding hydrogens is 446 g/mol. The van der Waals surface area contributed by atoms with Gasteiger partial charge >= 0.3 is 6.09 Å². The van der Waals surface area contributed by atoms with Crippen LogP contribution in [0.15, 0.2) is 72.9 Å². The molecule has 2 aliphatic rings. The first-order valence-electron chi connectivity index (χ1n) is 12.9. The normalized spacial score (nSPS) is 16.9. The highest BCUT2D eigenvalue weighted by atomic mass is 16.6. The third-order valence-electron chi connectivity index (χ3n) is 7.37.